The molecule has 1 fully saturated rings. The van der Waals surface area contributed by atoms with Crippen LogP contribution in [0, 0.1) is 5.82 Å². The summed E-state index contributed by atoms with van der Waals surface area (Å²) in [6.45, 7) is 2.14. The molecule has 0 spiro atoms. The fourth-order valence-electron chi connectivity index (χ4n) is 2.55. The predicted molar refractivity (Wildman–Crippen MR) is 85.9 cm³/mol. The van der Waals surface area contributed by atoms with Crippen LogP contribution < -0.4 is 10.6 Å². The summed E-state index contributed by atoms with van der Waals surface area (Å²) >= 11 is 3.19. The Kier molecular flexibility index (Phi) is 6.14. The van der Waals surface area contributed by atoms with Gasteiger partial charge in [-0.05, 0) is 44.6 Å². The Balaban J connectivity index is 1.80. The lowest BCUT2D eigenvalue weighted by molar-refractivity contribution is -0.117. The van der Waals surface area contributed by atoms with Crippen LogP contribution >= 0.6 is 15.9 Å². The Morgan fingerprint density at radius 1 is 1.52 bits per heavy atom. The van der Waals surface area contributed by atoms with E-state index in [2.05, 4.69) is 26.6 Å². The zero-order chi connectivity index (χ0) is 15.2. The van der Waals surface area contributed by atoms with Gasteiger partial charge >= 0.3 is 0 Å². The second-order valence-corrected chi connectivity index (χ2v) is 6.43. The molecule has 1 aliphatic heterocycles. The highest BCUT2D eigenvalue weighted by Crippen LogP contribution is 2.19. The van der Waals surface area contributed by atoms with Gasteiger partial charge in [-0.1, -0.05) is 22.4 Å². The maximum absolute atomic E-state index is 13.7. The Morgan fingerprint density at radius 3 is 3.00 bits per heavy atom. The maximum atomic E-state index is 13.7. The molecule has 0 aromatic heterocycles. The summed E-state index contributed by atoms with van der Waals surface area (Å²) < 4.78 is 14.3. The minimum atomic E-state index is -0.436. The number of nitrogens with zero attached hydrogens (tertiary/aromatic N) is 1. The van der Waals surface area contributed by atoms with Gasteiger partial charge in [0.15, 0.2) is 0 Å². The summed E-state index contributed by atoms with van der Waals surface area (Å²) in [7, 11) is 1.91. The SMILES string of the molecule is CN(CC(=O)Nc1ccc(Br)cc1F)CC1CCCCN1. The van der Waals surface area contributed by atoms with Gasteiger partial charge in [-0.15, -0.1) is 0 Å². The maximum Gasteiger partial charge on any atom is 0.238 e. The lowest BCUT2D eigenvalue weighted by atomic mass is 10.0. The summed E-state index contributed by atoms with van der Waals surface area (Å²) in [5, 5.41) is 6.06. The first-order valence-electron chi connectivity index (χ1n) is 7.21. The third kappa shape index (κ3) is 5.37. The van der Waals surface area contributed by atoms with Crippen molar-refractivity contribution in [1.82, 2.24) is 10.2 Å². The van der Waals surface area contributed by atoms with Crippen molar-refractivity contribution < 1.29 is 9.18 Å². The van der Waals surface area contributed by atoms with Gasteiger partial charge in [0.1, 0.15) is 5.82 Å². The number of halogens is 2. The van der Waals surface area contributed by atoms with Crippen molar-refractivity contribution in [3.05, 3.63) is 28.5 Å². The predicted octanol–water partition coefficient (Wildman–Crippen LogP) is 2.60. The molecule has 0 aliphatic carbocycles. The van der Waals surface area contributed by atoms with Crippen LogP contribution in [0.2, 0.25) is 0 Å². The molecule has 1 saturated heterocycles. The number of benzene rings is 1. The summed E-state index contributed by atoms with van der Waals surface area (Å²) in [5.41, 5.74) is 0.215. The van der Waals surface area contributed by atoms with Crippen LogP contribution in [0.4, 0.5) is 10.1 Å². The standard InChI is InChI=1S/C15H21BrFN3O/c1-20(9-12-4-2-3-7-18-12)10-15(21)19-14-6-5-11(16)8-13(14)17/h5-6,8,12,18H,2-4,7,9-10H2,1H3,(H,19,21). The van der Waals surface area contributed by atoms with E-state index in [0.29, 0.717) is 10.5 Å². The van der Waals surface area contributed by atoms with E-state index >= 15 is 0 Å². The summed E-state index contributed by atoms with van der Waals surface area (Å²) in [4.78, 5) is 13.9. The first kappa shape index (κ1) is 16.4. The average molecular weight is 358 g/mol. The smallest absolute Gasteiger partial charge is 0.238 e. The molecule has 21 heavy (non-hydrogen) atoms. The number of carbonyl (C=O) groups is 1. The van der Waals surface area contributed by atoms with Crippen molar-refractivity contribution in [2.75, 3.05) is 32.0 Å². The van der Waals surface area contributed by atoms with Crippen LogP contribution in [0.5, 0.6) is 0 Å². The minimum absolute atomic E-state index is 0.200. The summed E-state index contributed by atoms with van der Waals surface area (Å²) in [5.74, 6) is -0.635. The largest absolute Gasteiger partial charge is 0.322 e. The number of hydrogen-bond acceptors (Lipinski definition) is 3. The highest BCUT2D eigenvalue weighted by Gasteiger charge is 2.16. The summed E-state index contributed by atoms with van der Waals surface area (Å²) in [6, 6.07) is 5.04. The molecule has 2 N–H and O–H groups in total. The molecule has 4 nitrogen and oxygen atoms in total. The van der Waals surface area contributed by atoms with E-state index in [1.807, 2.05) is 11.9 Å². The molecule has 1 amide bonds. The number of piperidine rings is 1. The van der Waals surface area contributed by atoms with Crippen molar-refractivity contribution in [3.63, 3.8) is 0 Å². The van der Waals surface area contributed by atoms with Gasteiger partial charge in [0, 0.05) is 17.1 Å². The van der Waals surface area contributed by atoms with Gasteiger partial charge in [-0.3, -0.25) is 9.69 Å². The number of amides is 1. The number of rotatable bonds is 5. The topological polar surface area (TPSA) is 44.4 Å². The van der Waals surface area contributed by atoms with E-state index in [4.69, 9.17) is 0 Å². The molecule has 1 atom stereocenters. The van der Waals surface area contributed by atoms with E-state index in [0.717, 1.165) is 19.5 Å². The molecule has 2 rings (SSSR count). The molecule has 1 heterocycles. The first-order valence-corrected chi connectivity index (χ1v) is 8.01. The van der Waals surface area contributed by atoms with Crippen molar-refractivity contribution in [1.29, 1.82) is 0 Å². The van der Waals surface area contributed by atoms with E-state index in [1.165, 1.54) is 18.9 Å². The molecular formula is C15H21BrFN3O. The molecule has 1 unspecified atom stereocenters. The van der Waals surface area contributed by atoms with Gasteiger partial charge in [-0.2, -0.15) is 0 Å². The van der Waals surface area contributed by atoms with Gasteiger partial charge in [0.05, 0.1) is 12.2 Å². The summed E-state index contributed by atoms with van der Waals surface area (Å²) in [6.07, 6.45) is 3.61. The highest BCUT2D eigenvalue weighted by atomic mass is 79.9. The number of likely N-dealkylation sites (N-methyl/N-ethyl adjacent to an activating group) is 1. The van der Waals surface area contributed by atoms with Gasteiger partial charge < -0.3 is 10.6 Å². The fourth-order valence-corrected chi connectivity index (χ4v) is 2.88. The minimum Gasteiger partial charge on any atom is -0.322 e. The van der Waals surface area contributed by atoms with Crippen LogP contribution in [0.25, 0.3) is 0 Å². The Morgan fingerprint density at radius 2 is 2.33 bits per heavy atom. The molecule has 0 saturated carbocycles. The van der Waals surface area contributed by atoms with E-state index in [1.54, 1.807) is 12.1 Å². The van der Waals surface area contributed by atoms with Gasteiger partial charge in [0.25, 0.3) is 0 Å². The van der Waals surface area contributed by atoms with Crippen molar-refractivity contribution in [2.24, 2.45) is 0 Å². The van der Waals surface area contributed by atoms with Gasteiger partial charge in [0.2, 0.25) is 5.91 Å². The number of nitrogens with one attached hydrogen (secondary N) is 2. The lowest BCUT2D eigenvalue weighted by Crippen LogP contribution is -2.44. The van der Waals surface area contributed by atoms with E-state index < -0.39 is 5.82 Å². The quantitative estimate of drug-likeness (QED) is 0.851. The molecule has 116 valence electrons. The van der Waals surface area contributed by atoms with Crippen molar-refractivity contribution in [3.8, 4) is 0 Å². The zero-order valence-electron chi connectivity index (χ0n) is 12.2. The molecule has 0 radical (unpaired) electrons. The zero-order valence-corrected chi connectivity index (χ0v) is 13.7. The molecule has 1 aliphatic rings. The molecular weight excluding hydrogens is 337 g/mol. The average Bonchev–Trinajstić information content (AvgIpc) is 2.43. The lowest BCUT2D eigenvalue weighted by Gasteiger charge is -2.27. The Hall–Kier alpha value is -0.980. The number of hydrogen-bond donors (Lipinski definition) is 2. The monoisotopic (exact) mass is 357 g/mol. The van der Waals surface area contributed by atoms with Crippen molar-refractivity contribution in [2.45, 2.75) is 25.3 Å². The van der Waals surface area contributed by atoms with E-state index in [-0.39, 0.29) is 18.1 Å². The molecule has 1 aromatic rings. The van der Waals surface area contributed by atoms with Gasteiger partial charge in [-0.25, -0.2) is 4.39 Å². The second kappa shape index (κ2) is 7.87. The first-order chi connectivity index (χ1) is 10.0. The van der Waals surface area contributed by atoms with Crippen LogP contribution in [-0.2, 0) is 4.79 Å². The fraction of sp³-hybridized carbons (Fsp3) is 0.533. The van der Waals surface area contributed by atoms with Crippen LogP contribution in [0.3, 0.4) is 0 Å². The number of carbonyl (C=O) groups excluding carboxylic acids is 1. The van der Waals surface area contributed by atoms with Crippen molar-refractivity contribution >= 4 is 27.5 Å². The van der Waals surface area contributed by atoms with Crippen LogP contribution in [0.15, 0.2) is 22.7 Å². The van der Waals surface area contributed by atoms with Crippen LogP contribution in [-0.4, -0.2) is 43.5 Å². The highest BCUT2D eigenvalue weighted by molar-refractivity contribution is 9.10. The molecule has 0 bridgehead atoms. The van der Waals surface area contributed by atoms with Crippen LogP contribution in [0.1, 0.15) is 19.3 Å². The third-order valence-electron chi connectivity index (χ3n) is 3.56. The normalized spacial score (nSPS) is 18.8. The number of anilines is 1. The molecule has 6 heteroatoms. The second-order valence-electron chi connectivity index (χ2n) is 5.52. The third-order valence-corrected chi connectivity index (χ3v) is 4.06. The Labute approximate surface area is 133 Å². The van der Waals surface area contributed by atoms with E-state index in [9.17, 15) is 9.18 Å². The molecule has 1 aromatic carbocycles. The Bertz CT molecular complexity index is 492.